The molecule has 0 bridgehead atoms. The molecule has 0 aliphatic carbocycles. The molecule has 0 aromatic heterocycles. The van der Waals surface area contributed by atoms with E-state index in [2.05, 4.69) is 10.7 Å². The molecule has 1 heterocycles. The lowest BCUT2D eigenvalue weighted by Gasteiger charge is -2.22. The maximum Gasteiger partial charge on any atom is 0.275 e. The fourth-order valence-electron chi connectivity index (χ4n) is 2.15. The Hall–Kier alpha value is -2.08. The summed E-state index contributed by atoms with van der Waals surface area (Å²) in [6.45, 7) is 3.77. The molecule has 2 amide bonds. The Morgan fingerprint density at radius 3 is 2.80 bits per heavy atom. The Bertz CT molecular complexity index is 528. The summed E-state index contributed by atoms with van der Waals surface area (Å²) in [5, 5.41) is 2.80. The van der Waals surface area contributed by atoms with Crippen LogP contribution >= 0.6 is 0 Å². The van der Waals surface area contributed by atoms with Crippen molar-refractivity contribution in [1.82, 2.24) is 5.43 Å². The molecule has 6 nitrogen and oxygen atoms in total. The second kappa shape index (κ2) is 5.92. The van der Waals surface area contributed by atoms with Crippen molar-refractivity contribution in [3.63, 3.8) is 0 Å². The standard InChI is InChI=1S/C14H19N3O3/c1-8(2)13(14(19)17-15)20-10-4-5-11-9(7-10)3-6-12(18)16-11/h4-5,7-8,13H,3,6,15H2,1-2H3,(H,16,18)(H,17,19). The van der Waals surface area contributed by atoms with Crippen molar-refractivity contribution in [2.24, 2.45) is 11.8 Å². The van der Waals surface area contributed by atoms with Gasteiger partial charge in [-0.3, -0.25) is 15.0 Å². The van der Waals surface area contributed by atoms with Crippen molar-refractivity contribution in [3.05, 3.63) is 23.8 Å². The summed E-state index contributed by atoms with van der Waals surface area (Å²) in [6.07, 6.45) is 0.498. The zero-order chi connectivity index (χ0) is 14.7. The van der Waals surface area contributed by atoms with E-state index in [-0.39, 0.29) is 17.7 Å². The van der Waals surface area contributed by atoms with Crippen LogP contribution in [0.15, 0.2) is 18.2 Å². The van der Waals surface area contributed by atoms with Gasteiger partial charge in [0, 0.05) is 12.1 Å². The molecule has 0 saturated carbocycles. The van der Waals surface area contributed by atoms with Crippen molar-refractivity contribution >= 4 is 17.5 Å². The molecule has 1 aliphatic rings. The van der Waals surface area contributed by atoms with Crippen LogP contribution in [0.2, 0.25) is 0 Å². The van der Waals surface area contributed by atoms with Gasteiger partial charge >= 0.3 is 0 Å². The molecule has 1 atom stereocenters. The van der Waals surface area contributed by atoms with Gasteiger partial charge in [0.05, 0.1) is 0 Å². The molecule has 0 fully saturated rings. The lowest BCUT2D eigenvalue weighted by Crippen LogP contribution is -2.44. The Balaban J connectivity index is 2.17. The van der Waals surface area contributed by atoms with E-state index in [9.17, 15) is 9.59 Å². The summed E-state index contributed by atoms with van der Waals surface area (Å²) in [7, 11) is 0. The molecule has 1 aromatic carbocycles. The number of benzene rings is 1. The summed E-state index contributed by atoms with van der Waals surface area (Å²) in [4.78, 5) is 23.0. The minimum Gasteiger partial charge on any atom is -0.480 e. The highest BCUT2D eigenvalue weighted by Gasteiger charge is 2.24. The Kier molecular flexibility index (Phi) is 4.24. The maximum absolute atomic E-state index is 11.7. The van der Waals surface area contributed by atoms with Gasteiger partial charge in [-0.15, -0.1) is 0 Å². The number of carbonyl (C=O) groups excluding carboxylic acids is 2. The van der Waals surface area contributed by atoms with Crippen LogP contribution in [0.3, 0.4) is 0 Å². The third-order valence-electron chi connectivity index (χ3n) is 3.24. The van der Waals surface area contributed by atoms with Gasteiger partial charge in [0.1, 0.15) is 5.75 Å². The molecule has 4 N–H and O–H groups in total. The first-order valence-electron chi connectivity index (χ1n) is 6.61. The van der Waals surface area contributed by atoms with Gasteiger partial charge in [-0.25, -0.2) is 5.84 Å². The molecule has 108 valence electrons. The van der Waals surface area contributed by atoms with Crippen molar-refractivity contribution in [2.45, 2.75) is 32.8 Å². The van der Waals surface area contributed by atoms with Gasteiger partial charge in [0.2, 0.25) is 5.91 Å². The number of rotatable bonds is 4. The van der Waals surface area contributed by atoms with Crippen LogP contribution in [0.5, 0.6) is 5.75 Å². The second-order valence-electron chi connectivity index (χ2n) is 5.16. The summed E-state index contributed by atoms with van der Waals surface area (Å²) >= 11 is 0. The minimum atomic E-state index is -0.642. The predicted molar refractivity (Wildman–Crippen MR) is 75.0 cm³/mol. The van der Waals surface area contributed by atoms with Crippen LogP contribution in [0.4, 0.5) is 5.69 Å². The molecule has 2 rings (SSSR count). The van der Waals surface area contributed by atoms with Crippen LogP contribution in [-0.4, -0.2) is 17.9 Å². The third-order valence-corrected chi connectivity index (χ3v) is 3.24. The van der Waals surface area contributed by atoms with Crippen LogP contribution in [0.1, 0.15) is 25.8 Å². The van der Waals surface area contributed by atoms with E-state index in [1.807, 2.05) is 19.9 Å². The van der Waals surface area contributed by atoms with E-state index in [0.29, 0.717) is 18.6 Å². The first-order valence-corrected chi connectivity index (χ1v) is 6.61. The van der Waals surface area contributed by atoms with Gasteiger partial charge in [0.15, 0.2) is 6.10 Å². The van der Waals surface area contributed by atoms with E-state index >= 15 is 0 Å². The van der Waals surface area contributed by atoms with Crippen LogP contribution in [-0.2, 0) is 16.0 Å². The molecule has 1 aliphatic heterocycles. The normalized spacial score (nSPS) is 15.3. The third kappa shape index (κ3) is 3.08. The monoisotopic (exact) mass is 277 g/mol. The number of aryl methyl sites for hydroxylation is 1. The number of nitrogens with two attached hydrogens (primary N) is 1. The van der Waals surface area contributed by atoms with Crippen LogP contribution in [0.25, 0.3) is 0 Å². The topological polar surface area (TPSA) is 93.4 Å². The summed E-state index contributed by atoms with van der Waals surface area (Å²) in [5.41, 5.74) is 3.93. The molecular formula is C14H19N3O3. The van der Waals surface area contributed by atoms with E-state index in [1.165, 1.54) is 0 Å². The quantitative estimate of drug-likeness (QED) is 0.434. The summed E-state index contributed by atoms with van der Waals surface area (Å²) < 4.78 is 5.72. The largest absolute Gasteiger partial charge is 0.480 e. The second-order valence-corrected chi connectivity index (χ2v) is 5.16. The van der Waals surface area contributed by atoms with Crippen molar-refractivity contribution in [2.75, 3.05) is 5.32 Å². The van der Waals surface area contributed by atoms with E-state index in [0.717, 1.165) is 11.3 Å². The van der Waals surface area contributed by atoms with Gasteiger partial charge < -0.3 is 10.1 Å². The number of hydrogen-bond donors (Lipinski definition) is 3. The maximum atomic E-state index is 11.7. The van der Waals surface area contributed by atoms with Crippen molar-refractivity contribution < 1.29 is 14.3 Å². The summed E-state index contributed by atoms with van der Waals surface area (Å²) in [6, 6.07) is 5.39. The Labute approximate surface area is 117 Å². The van der Waals surface area contributed by atoms with Crippen molar-refractivity contribution in [1.29, 1.82) is 0 Å². The molecule has 1 aromatic rings. The molecule has 20 heavy (non-hydrogen) atoms. The Morgan fingerprint density at radius 2 is 2.15 bits per heavy atom. The minimum absolute atomic E-state index is 0.00529. The number of amides is 2. The van der Waals surface area contributed by atoms with Crippen LogP contribution in [0, 0.1) is 5.92 Å². The smallest absolute Gasteiger partial charge is 0.275 e. The number of fused-ring (bicyclic) bond motifs is 1. The van der Waals surface area contributed by atoms with E-state index < -0.39 is 6.10 Å². The summed E-state index contributed by atoms with van der Waals surface area (Å²) in [5.74, 6) is 5.42. The van der Waals surface area contributed by atoms with E-state index in [4.69, 9.17) is 10.6 Å². The number of hydrogen-bond acceptors (Lipinski definition) is 4. The Morgan fingerprint density at radius 1 is 1.40 bits per heavy atom. The molecule has 0 radical (unpaired) electrons. The van der Waals surface area contributed by atoms with Gasteiger partial charge in [0.25, 0.3) is 5.91 Å². The average molecular weight is 277 g/mol. The van der Waals surface area contributed by atoms with Crippen LogP contribution < -0.4 is 21.3 Å². The first-order chi connectivity index (χ1) is 9.51. The predicted octanol–water partition coefficient (Wildman–Crippen LogP) is 0.965. The fourth-order valence-corrected chi connectivity index (χ4v) is 2.15. The highest BCUT2D eigenvalue weighted by atomic mass is 16.5. The number of ether oxygens (including phenoxy) is 1. The highest BCUT2D eigenvalue weighted by Crippen LogP contribution is 2.27. The average Bonchev–Trinajstić information content (AvgIpc) is 2.43. The molecule has 0 saturated heterocycles. The highest BCUT2D eigenvalue weighted by molar-refractivity contribution is 5.94. The lowest BCUT2D eigenvalue weighted by atomic mass is 10.0. The number of carbonyl (C=O) groups is 2. The SMILES string of the molecule is CC(C)C(Oc1ccc2c(c1)CCC(=O)N2)C(=O)NN. The van der Waals surface area contributed by atoms with Crippen molar-refractivity contribution in [3.8, 4) is 5.75 Å². The zero-order valence-corrected chi connectivity index (χ0v) is 11.6. The molecule has 6 heteroatoms. The number of nitrogens with one attached hydrogen (secondary N) is 2. The zero-order valence-electron chi connectivity index (χ0n) is 11.6. The lowest BCUT2D eigenvalue weighted by molar-refractivity contribution is -0.129. The number of anilines is 1. The fraction of sp³-hybridized carbons (Fsp3) is 0.429. The van der Waals surface area contributed by atoms with E-state index in [1.54, 1.807) is 12.1 Å². The molecule has 1 unspecified atom stereocenters. The van der Waals surface area contributed by atoms with Gasteiger partial charge in [-0.05, 0) is 36.1 Å². The number of hydrazine groups is 1. The molecular weight excluding hydrogens is 258 g/mol. The molecule has 0 spiro atoms. The van der Waals surface area contributed by atoms with Gasteiger partial charge in [-0.2, -0.15) is 0 Å². The first kappa shape index (κ1) is 14.3. The van der Waals surface area contributed by atoms with Gasteiger partial charge in [-0.1, -0.05) is 13.8 Å².